The number of aromatic amines is 1. The lowest BCUT2D eigenvalue weighted by atomic mass is 9.99. The SMILES string of the molecule is COc1ccc(Cn2nc(-c3nc4c(CNCC5CC5)cccc4[nH]3)c3cc(-c4cncc5ccccc45)ccc32)cc1. The van der Waals surface area contributed by atoms with Crippen molar-refractivity contribution in [2.24, 2.45) is 5.92 Å². The van der Waals surface area contributed by atoms with Crippen molar-refractivity contribution in [3.8, 4) is 28.4 Å². The maximum Gasteiger partial charge on any atom is 0.159 e. The van der Waals surface area contributed by atoms with Crippen LogP contribution < -0.4 is 10.1 Å². The molecule has 0 radical (unpaired) electrons. The van der Waals surface area contributed by atoms with Gasteiger partial charge in [-0.3, -0.25) is 9.67 Å². The van der Waals surface area contributed by atoms with Gasteiger partial charge in [-0.25, -0.2) is 4.98 Å². The predicted molar refractivity (Wildman–Crippen MR) is 172 cm³/mol. The molecule has 43 heavy (non-hydrogen) atoms. The Bertz CT molecular complexity index is 2080. The van der Waals surface area contributed by atoms with Crippen LogP contribution >= 0.6 is 0 Å². The van der Waals surface area contributed by atoms with Gasteiger partial charge in [0.25, 0.3) is 0 Å². The Morgan fingerprint density at radius 3 is 2.67 bits per heavy atom. The minimum atomic E-state index is 0.631. The van der Waals surface area contributed by atoms with E-state index in [1.807, 2.05) is 24.5 Å². The molecule has 0 aliphatic heterocycles. The highest BCUT2D eigenvalue weighted by Gasteiger charge is 2.21. The number of hydrogen-bond donors (Lipinski definition) is 2. The standard InChI is InChI=1S/C36H32N6O/c1-43-28-14-11-24(12-15-28)22-42-33-16-13-25(31-21-38-19-26-5-2-3-7-29(26)31)17-30(33)35(41-42)36-39-32-8-4-6-27(34(32)40-36)20-37-18-23-9-10-23/h2-8,11-17,19,21,23,37H,9-10,18,20,22H2,1H3,(H,39,40). The van der Waals surface area contributed by atoms with Crippen molar-refractivity contribution in [2.75, 3.05) is 13.7 Å². The van der Waals surface area contributed by atoms with Crippen LogP contribution in [0.1, 0.15) is 24.0 Å². The van der Waals surface area contributed by atoms with Crippen molar-refractivity contribution < 1.29 is 4.74 Å². The number of methoxy groups -OCH3 is 1. The number of benzene rings is 4. The number of hydrogen-bond acceptors (Lipinski definition) is 5. The zero-order valence-electron chi connectivity index (χ0n) is 24.0. The second-order valence-electron chi connectivity index (χ2n) is 11.5. The maximum absolute atomic E-state index is 5.37. The smallest absolute Gasteiger partial charge is 0.159 e. The van der Waals surface area contributed by atoms with E-state index in [0.29, 0.717) is 6.54 Å². The summed E-state index contributed by atoms with van der Waals surface area (Å²) in [4.78, 5) is 13.3. The van der Waals surface area contributed by atoms with E-state index in [-0.39, 0.29) is 0 Å². The van der Waals surface area contributed by atoms with E-state index in [2.05, 4.69) is 92.8 Å². The third-order valence-electron chi connectivity index (χ3n) is 8.49. The van der Waals surface area contributed by atoms with Crippen LogP contribution in [0.4, 0.5) is 0 Å². The van der Waals surface area contributed by atoms with Crippen LogP contribution in [0.15, 0.2) is 97.3 Å². The molecule has 0 amide bonds. The number of fused-ring (bicyclic) bond motifs is 3. The summed E-state index contributed by atoms with van der Waals surface area (Å²) in [6.45, 7) is 2.51. The summed E-state index contributed by atoms with van der Waals surface area (Å²) >= 11 is 0. The monoisotopic (exact) mass is 564 g/mol. The average Bonchev–Trinajstić information content (AvgIpc) is 3.66. The molecule has 1 fully saturated rings. The van der Waals surface area contributed by atoms with Gasteiger partial charge in [0.2, 0.25) is 0 Å². The molecule has 1 aliphatic rings. The summed E-state index contributed by atoms with van der Waals surface area (Å²) in [5.74, 6) is 2.45. The van der Waals surface area contributed by atoms with Gasteiger partial charge in [0, 0.05) is 35.3 Å². The van der Waals surface area contributed by atoms with Gasteiger partial charge in [-0.1, -0.05) is 54.6 Å². The first-order chi connectivity index (χ1) is 21.2. The maximum atomic E-state index is 5.37. The zero-order chi connectivity index (χ0) is 28.8. The third kappa shape index (κ3) is 4.91. The van der Waals surface area contributed by atoms with Crippen molar-refractivity contribution in [3.05, 3.63) is 108 Å². The van der Waals surface area contributed by atoms with Crippen LogP contribution in [0.2, 0.25) is 0 Å². The van der Waals surface area contributed by atoms with Gasteiger partial charge in [0.15, 0.2) is 5.82 Å². The highest BCUT2D eigenvalue weighted by molar-refractivity contribution is 6.01. The molecule has 0 atom stereocenters. The normalized spacial score (nSPS) is 13.3. The van der Waals surface area contributed by atoms with E-state index >= 15 is 0 Å². The van der Waals surface area contributed by atoms with Crippen LogP contribution in [0.5, 0.6) is 5.75 Å². The van der Waals surface area contributed by atoms with Crippen LogP contribution in [0, 0.1) is 5.92 Å². The summed E-state index contributed by atoms with van der Waals surface area (Å²) in [5, 5.41) is 12.1. The number of nitrogens with zero attached hydrogens (tertiary/aromatic N) is 4. The summed E-state index contributed by atoms with van der Waals surface area (Å²) < 4.78 is 7.44. The molecule has 7 aromatic rings. The fraction of sp³-hybridized carbons (Fsp3) is 0.194. The van der Waals surface area contributed by atoms with E-state index < -0.39 is 0 Å². The third-order valence-corrected chi connectivity index (χ3v) is 8.49. The Hall–Kier alpha value is -5.01. The van der Waals surface area contributed by atoms with E-state index in [1.165, 1.54) is 23.8 Å². The molecule has 7 heteroatoms. The first-order valence-electron chi connectivity index (χ1n) is 14.9. The number of imidazole rings is 1. The van der Waals surface area contributed by atoms with Gasteiger partial charge >= 0.3 is 0 Å². The molecule has 3 aromatic heterocycles. The largest absolute Gasteiger partial charge is 0.497 e. The number of aromatic nitrogens is 5. The molecule has 4 aromatic carbocycles. The average molecular weight is 565 g/mol. The number of nitrogens with one attached hydrogen (secondary N) is 2. The molecule has 2 N–H and O–H groups in total. The van der Waals surface area contributed by atoms with E-state index in [9.17, 15) is 0 Å². The summed E-state index contributed by atoms with van der Waals surface area (Å²) in [6, 6.07) is 29.5. The summed E-state index contributed by atoms with van der Waals surface area (Å²) in [6.07, 6.45) is 6.55. The second kappa shape index (κ2) is 10.7. The molecule has 1 aliphatic carbocycles. The van der Waals surface area contributed by atoms with Gasteiger partial charge in [0.05, 0.1) is 30.2 Å². The number of H-pyrrole nitrogens is 1. The molecule has 7 nitrogen and oxygen atoms in total. The van der Waals surface area contributed by atoms with E-state index in [0.717, 1.165) is 80.3 Å². The number of ether oxygens (including phenoxy) is 1. The van der Waals surface area contributed by atoms with Crippen LogP contribution in [-0.2, 0) is 13.1 Å². The highest BCUT2D eigenvalue weighted by Crippen LogP contribution is 2.35. The van der Waals surface area contributed by atoms with Gasteiger partial charge in [-0.15, -0.1) is 0 Å². The predicted octanol–water partition coefficient (Wildman–Crippen LogP) is 7.35. The van der Waals surface area contributed by atoms with Crippen LogP contribution in [0.3, 0.4) is 0 Å². The number of pyridine rings is 1. The second-order valence-corrected chi connectivity index (χ2v) is 11.5. The van der Waals surface area contributed by atoms with Gasteiger partial charge < -0.3 is 15.0 Å². The van der Waals surface area contributed by atoms with Crippen LogP contribution in [-0.4, -0.2) is 38.4 Å². The molecule has 0 unspecified atom stereocenters. The topological polar surface area (TPSA) is 80.6 Å². The van der Waals surface area contributed by atoms with Crippen molar-refractivity contribution in [1.29, 1.82) is 0 Å². The van der Waals surface area contributed by atoms with E-state index in [1.54, 1.807) is 7.11 Å². The summed E-state index contributed by atoms with van der Waals surface area (Å²) in [5.41, 5.74) is 8.45. The molecule has 0 bridgehead atoms. The molecule has 0 spiro atoms. The fourth-order valence-electron chi connectivity index (χ4n) is 5.97. The molecule has 1 saturated carbocycles. The van der Waals surface area contributed by atoms with Gasteiger partial charge in [-0.05, 0) is 77.7 Å². The zero-order valence-corrected chi connectivity index (χ0v) is 24.0. The minimum Gasteiger partial charge on any atom is -0.497 e. The lowest BCUT2D eigenvalue weighted by Crippen LogP contribution is -2.16. The van der Waals surface area contributed by atoms with E-state index in [4.69, 9.17) is 14.8 Å². The Morgan fingerprint density at radius 2 is 1.81 bits per heavy atom. The quantitative estimate of drug-likeness (QED) is 0.192. The lowest BCUT2D eigenvalue weighted by molar-refractivity contribution is 0.414. The minimum absolute atomic E-state index is 0.631. The number of para-hydroxylation sites is 1. The van der Waals surface area contributed by atoms with Gasteiger partial charge in [0.1, 0.15) is 11.4 Å². The first kappa shape index (κ1) is 25.7. The molecular weight excluding hydrogens is 532 g/mol. The Balaban J connectivity index is 1.25. The first-order valence-corrected chi connectivity index (χ1v) is 14.9. The fourth-order valence-corrected chi connectivity index (χ4v) is 5.97. The van der Waals surface area contributed by atoms with Gasteiger partial charge in [-0.2, -0.15) is 5.10 Å². The molecular formula is C36H32N6O. The van der Waals surface area contributed by atoms with Crippen molar-refractivity contribution in [1.82, 2.24) is 30.0 Å². The molecule has 0 saturated heterocycles. The lowest BCUT2D eigenvalue weighted by Gasteiger charge is -2.08. The Labute approximate surface area is 249 Å². The highest BCUT2D eigenvalue weighted by atomic mass is 16.5. The number of rotatable bonds is 9. The Morgan fingerprint density at radius 1 is 0.930 bits per heavy atom. The van der Waals surface area contributed by atoms with Crippen LogP contribution in [0.25, 0.3) is 55.4 Å². The molecule has 8 rings (SSSR count). The van der Waals surface area contributed by atoms with Crippen molar-refractivity contribution in [2.45, 2.75) is 25.9 Å². The van der Waals surface area contributed by atoms with Crippen molar-refractivity contribution in [3.63, 3.8) is 0 Å². The Kier molecular flexibility index (Phi) is 6.38. The summed E-state index contributed by atoms with van der Waals surface area (Å²) in [7, 11) is 1.69. The molecule has 3 heterocycles. The van der Waals surface area contributed by atoms with Crippen molar-refractivity contribution >= 4 is 32.7 Å². The molecule has 212 valence electrons.